The summed E-state index contributed by atoms with van der Waals surface area (Å²) in [5.74, 6) is -0.371. The Morgan fingerprint density at radius 1 is 1.10 bits per heavy atom. The molecule has 3 nitrogen and oxygen atoms in total. The number of rotatable bonds is 2. The lowest BCUT2D eigenvalue weighted by Gasteiger charge is -2.12. The highest BCUT2D eigenvalue weighted by Gasteiger charge is 2.15. The van der Waals surface area contributed by atoms with Crippen molar-refractivity contribution in [2.75, 3.05) is 0 Å². The molecular formula is C14H9BrClFN2O. The number of H-pyrrole nitrogens is 2. The predicted molar refractivity (Wildman–Crippen MR) is 81.1 cm³/mol. The van der Waals surface area contributed by atoms with E-state index in [-0.39, 0.29) is 16.3 Å². The Morgan fingerprint density at radius 3 is 2.60 bits per heavy atom. The molecule has 2 aromatic carbocycles. The summed E-state index contributed by atoms with van der Waals surface area (Å²) in [4.78, 5) is 16.4. The molecule has 1 aromatic heterocycles. The molecule has 0 saturated heterocycles. The van der Waals surface area contributed by atoms with E-state index in [1.54, 1.807) is 6.07 Å². The van der Waals surface area contributed by atoms with E-state index >= 15 is 0 Å². The van der Waals surface area contributed by atoms with Gasteiger partial charge in [0.25, 0.3) is 0 Å². The molecule has 3 rings (SSSR count). The Balaban J connectivity index is 2.06. The number of halogens is 3. The average Bonchev–Trinajstić information content (AvgIpc) is 2.77. The van der Waals surface area contributed by atoms with Crippen LogP contribution >= 0.6 is 27.5 Å². The second-order valence-electron chi connectivity index (χ2n) is 4.41. The molecular weight excluding hydrogens is 347 g/mol. The topological polar surface area (TPSA) is 48.6 Å². The largest absolute Gasteiger partial charge is 0.323 e. The van der Waals surface area contributed by atoms with E-state index in [4.69, 9.17) is 11.6 Å². The summed E-state index contributed by atoms with van der Waals surface area (Å²) < 4.78 is 13.1. The Morgan fingerprint density at radius 2 is 1.85 bits per heavy atom. The van der Waals surface area contributed by atoms with E-state index in [1.807, 2.05) is 18.2 Å². The van der Waals surface area contributed by atoms with Gasteiger partial charge in [-0.05, 0) is 35.4 Å². The number of alkyl halides is 1. The maximum Gasteiger partial charge on any atom is 0.323 e. The van der Waals surface area contributed by atoms with Crippen LogP contribution in [0.15, 0.2) is 41.2 Å². The lowest BCUT2D eigenvalue weighted by molar-refractivity contribution is 0.627. The Hall–Kier alpha value is -1.59. The minimum Gasteiger partial charge on any atom is -0.306 e. The molecule has 0 bridgehead atoms. The van der Waals surface area contributed by atoms with E-state index in [2.05, 4.69) is 25.9 Å². The fourth-order valence-corrected chi connectivity index (χ4v) is 3.19. The fraction of sp³-hybridized carbons (Fsp3) is 0.0714. The van der Waals surface area contributed by atoms with Crippen LogP contribution in [-0.2, 0) is 0 Å². The number of imidazole rings is 1. The summed E-state index contributed by atoms with van der Waals surface area (Å²) in [7, 11) is 0. The number of aromatic amines is 2. The zero-order valence-electron chi connectivity index (χ0n) is 10.1. The van der Waals surface area contributed by atoms with Crippen LogP contribution in [0, 0.1) is 5.82 Å². The molecule has 0 aliphatic carbocycles. The van der Waals surface area contributed by atoms with E-state index in [1.165, 1.54) is 12.1 Å². The molecule has 0 spiro atoms. The van der Waals surface area contributed by atoms with E-state index in [0.717, 1.165) is 22.2 Å². The number of aromatic nitrogens is 2. The van der Waals surface area contributed by atoms with Crippen molar-refractivity contribution >= 4 is 38.6 Å². The number of hydrogen-bond donors (Lipinski definition) is 2. The minimum absolute atomic E-state index is 0.182. The molecule has 0 aliphatic heterocycles. The summed E-state index contributed by atoms with van der Waals surface area (Å²) >= 11 is 9.62. The van der Waals surface area contributed by atoms with Gasteiger partial charge in [-0.25, -0.2) is 9.18 Å². The SMILES string of the molecule is O=c1[nH]c2ccc(C(Br)c3ccc(F)cc3Cl)cc2[nH]1. The quantitative estimate of drug-likeness (QED) is 0.667. The number of hydrogen-bond acceptors (Lipinski definition) is 1. The highest BCUT2D eigenvalue weighted by molar-refractivity contribution is 9.09. The first kappa shape index (κ1) is 13.4. The van der Waals surface area contributed by atoms with Crippen LogP contribution in [0.25, 0.3) is 11.0 Å². The zero-order valence-corrected chi connectivity index (χ0v) is 12.4. The second kappa shape index (κ2) is 5.07. The molecule has 0 amide bonds. The average molecular weight is 356 g/mol. The standard InChI is InChI=1S/C14H9BrClFN2O/c15-13(9-3-2-8(17)6-10(9)16)7-1-4-11-12(5-7)19-14(20)18-11/h1-6,13H,(H2,18,19,20). The van der Waals surface area contributed by atoms with Gasteiger partial charge in [-0.2, -0.15) is 0 Å². The van der Waals surface area contributed by atoms with Crippen LogP contribution in [0.1, 0.15) is 16.0 Å². The second-order valence-corrected chi connectivity index (χ2v) is 5.74. The molecule has 1 heterocycles. The van der Waals surface area contributed by atoms with Crippen molar-refractivity contribution in [1.82, 2.24) is 9.97 Å². The molecule has 0 aliphatic rings. The summed E-state index contributed by atoms with van der Waals surface area (Å²) in [6.45, 7) is 0. The monoisotopic (exact) mass is 354 g/mol. The molecule has 20 heavy (non-hydrogen) atoms. The van der Waals surface area contributed by atoms with Crippen LogP contribution < -0.4 is 5.69 Å². The van der Waals surface area contributed by atoms with E-state index in [0.29, 0.717) is 5.02 Å². The van der Waals surface area contributed by atoms with Crippen molar-refractivity contribution in [1.29, 1.82) is 0 Å². The van der Waals surface area contributed by atoms with Gasteiger partial charge in [-0.3, -0.25) is 0 Å². The van der Waals surface area contributed by atoms with Gasteiger partial charge in [0.05, 0.1) is 15.9 Å². The first-order valence-electron chi connectivity index (χ1n) is 5.85. The number of benzene rings is 2. The minimum atomic E-state index is -0.371. The van der Waals surface area contributed by atoms with Gasteiger partial charge < -0.3 is 9.97 Å². The third-order valence-corrected chi connectivity index (χ3v) is 4.42. The van der Waals surface area contributed by atoms with Crippen LogP contribution in [0.4, 0.5) is 4.39 Å². The van der Waals surface area contributed by atoms with Gasteiger partial charge in [0.1, 0.15) is 5.82 Å². The maximum atomic E-state index is 13.1. The van der Waals surface area contributed by atoms with Crippen molar-refractivity contribution in [3.63, 3.8) is 0 Å². The molecule has 0 saturated carbocycles. The summed E-state index contributed by atoms with van der Waals surface area (Å²) in [5.41, 5.74) is 2.90. The third kappa shape index (κ3) is 2.39. The molecule has 2 N–H and O–H groups in total. The van der Waals surface area contributed by atoms with Gasteiger partial charge in [0.2, 0.25) is 0 Å². The van der Waals surface area contributed by atoms with Crippen LogP contribution in [0.5, 0.6) is 0 Å². The lowest BCUT2D eigenvalue weighted by atomic mass is 10.0. The van der Waals surface area contributed by atoms with Crippen LogP contribution in [-0.4, -0.2) is 9.97 Å². The first-order chi connectivity index (χ1) is 9.54. The van der Waals surface area contributed by atoms with Crippen LogP contribution in [0.3, 0.4) is 0 Å². The summed E-state index contributed by atoms with van der Waals surface area (Å²) in [6.07, 6.45) is 0. The third-order valence-electron chi connectivity index (χ3n) is 3.07. The van der Waals surface area contributed by atoms with E-state index < -0.39 is 0 Å². The summed E-state index contributed by atoms with van der Waals surface area (Å²) in [6, 6.07) is 9.83. The Bertz CT molecular complexity index is 843. The smallest absolute Gasteiger partial charge is 0.306 e. The van der Waals surface area contributed by atoms with Crippen molar-refractivity contribution in [2.45, 2.75) is 4.83 Å². The first-order valence-corrected chi connectivity index (χ1v) is 7.15. The highest BCUT2D eigenvalue weighted by Crippen LogP contribution is 2.36. The lowest BCUT2D eigenvalue weighted by Crippen LogP contribution is -1.99. The fourth-order valence-electron chi connectivity index (χ4n) is 2.09. The van der Waals surface area contributed by atoms with Gasteiger partial charge in [0.15, 0.2) is 0 Å². The van der Waals surface area contributed by atoms with Crippen molar-refractivity contribution in [3.05, 3.63) is 68.8 Å². The van der Waals surface area contributed by atoms with E-state index in [9.17, 15) is 9.18 Å². The zero-order chi connectivity index (χ0) is 14.3. The van der Waals surface area contributed by atoms with Gasteiger partial charge in [-0.1, -0.05) is 39.7 Å². The van der Waals surface area contributed by atoms with Crippen molar-refractivity contribution in [2.24, 2.45) is 0 Å². The van der Waals surface area contributed by atoms with Gasteiger partial charge in [0, 0.05) is 5.02 Å². The number of fused-ring (bicyclic) bond motifs is 1. The van der Waals surface area contributed by atoms with Gasteiger partial charge in [-0.15, -0.1) is 0 Å². The summed E-state index contributed by atoms with van der Waals surface area (Å²) in [5, 5.41) is 0.356. The van der Waals surface area contributed by atoms with Crippen molar-refractivity contribution in [3.8, 4) is 0 Å². The van der Waals surface area contributed by atoms with Gasteiger partial charge >= 0.3 is 5.69 Å². The Kier molecular flexibility index (Phi) is 3.40. The molecule has 0 radical (unpaired) electrons. The molecule has 3 aromatic rings. The molecule has 0 fully saturated rings. The van der Waals surface area contributed by atoms with Crippen molar-refractivity contribution < 1.29 is 4.39 Å². The highest BCUT2D eigenvalue weighted by atomic mass is 79.9. The molecule has 102 valence electrons. The Labute approximate surface area is 126 Å². The molecule has 6 heteroatoms. The normalized spacial score (nSPS) is 12.8. The molecule has 1 atom stereocenters. The number of nitrogens with one attached hydrogen (secondary N) is 2. The maximum absolute atomic E-state index is 13.1. The predicted octanol–water partition coefficient (Wildman–Crippen LogP) is 4.13. The van der Waals surface area contributed by atoms with Crippen LogP contribution in [0.2, 0.25) is 5.02 Å². The molecule has 1 unspecified atom stereocenters.